The lowest BCUT2D eigenvalue weighted by Gasteiger charge is -2.16. The lowest BCUT2D eigenvalue weighted by atomic mass is 10.0. The molecule has 0 radical (unpaired) electrons. The van der Waals surface area contributed by atoms with E-state index in [1.807, 2.05) is 0 Å². The van der Waals surface area contributed by atoms with Crippen LogP contribution in [0.15, 0.2) is 12.1 Å². The zero-order valence-corrected chi connectivity index (χ0v) is 7.47. The smallest absolute Gasteiger partial charge is 0.133 e. The maximum atomic E-state index is 13.1. The van der Waals surface area contributed by atoms with Crippen LogP contribution in [0.1, 0.15) is 18.5 Å². The summed E-state index contributed by atoms with van der Waals surface area (Å²) in [6.07, 6.45) is -1.11. The number of rotatable bonds is 2. The quantitative estimate of drug-likeness (QED) is 0.768. The minimum atomic E-state index is -1.20. The van der Waals surface area contributed by atoms with Gasteiger partial charge >= 0.3 is 0 Å². The topological polar surface area (TPSA) is 46.2 Å². The van der Waals surface area contributed by atoms with Gasteiger partial charge in [0.05, 0.1) is 12.1 Å². The average molecular weight is 205 g/mol. The van der Waals surface area contributed by atoms with Gasteiger partial charge in [0, 0.05) is 17.7 Å². The fraction of sp³-hybridized carbons (Fsp3) is 0.333. The molecule has 1 aromatic carbocycles. The minimum Gasteiger partial charge on any atom is -0.391 e. The van der Waals surface area contributed by atoms with Gasteiger partial charge in [-0.05, 0) is 6.92 Å². The number of nitrogens with two attached hydrogens (primary N) is 1. The third kappa shape index (κ3) is 2.05. The summed E-state index contributed by atoms with van der Waals surface area (Å²) in [7, 11) is 0. The lowest BCUT2D eigenvalue weighted by Crippen LogP contribution is -2.25. The zero-order chi connectivity index (χ0) is 10.9. The first-order valence-corrected chi connectivity index (χ1v) is 4.01. The van der Waals surface area contributed by atoms with Gasteiger partial charge in [-0.2, -0.15) is 0 Å². The molecule has 0 saturated carbocycles. The summed E-state index contributed by atoms with van der Waals surface area (Å²) < 4.78 is 38.6. The van der Waals surface area contributed by atoms with E-state index in [0.717, 1.165) is 0 Å². The van der Waals surface area contributed by atoms with Crippen LogP contribution in [0, 0.1) is 17.5 Å². The van der Waals surface area contributed by atoms with Gasteiger partial charge in [0.15, 0.2) is 0 Å². The zero-order valence-electron chi connectivity index (χ0n) is 7.47. The van der Waals surface area contributed by atoms with Crippen molar-refractivity contribution in [2.45, 2.75) is 19.1 Å². The second-order valence-corrected chi connectivity index (χ2v) is 3.05. The van der Waals surface area contributed by atoms with Crippen LogP contribution in [0.3, 0.4) is 0 Å². The molecule has 0 aromatic heterocycles. The van der Waals surface area contributed by atoms with E-state index in [1.54, 1.807) is 0 Å². The van der Waals surface area contributed by atoms with Crippen LogP contribution in [-0.2, 0) is 0 Å². The summed E-state index contributed by atoms with van der Waals surface area (Å²) in [4.78, 5) is 0. The number of hydrogen-bond acceptors (Lipinski definition) is 2. The van der Waals surface area contributed by atoms with Crippen molar-refractivity contribution in [3.05, 3.63) is 35.1 Å². The van der Waals surface area contributed by atoms with Gasteiger partial charge in [-0.1, -0.05) is 0 Å². The summed E-state index contributed by atoms with van der Waals surface area (Å²) in [5.74, 6) is -3.19. The molecule has 14 heavy (non-hydrogen) atoms. The molecule has 3 N–H and O–H groups in total. The van der Waals surface area contributed by atoms with Gasteiger partial charge in [-0.15, -0.1) is 0 Å². The van der Waals surface area contributed by atoms with E-state index >= 15 is 0 Å². The molecule has 78 valence electrons. The fourth-order valence-corrected chi connectivity index (χ4v) is 1.11. The molecule has 5 heteroatoms. The van der Waals surface area contributed by atoms with Crippen LogP contribution in [0.4, 0.5) is 13.2 Å². The molecule has 2 atom stereocenters. The van der Waals surface area contributed by atoms with Crippen molar-refractivity contribution < 1.29 is 18.3 Å². The molecule has 0 amide bonds. The third-order valence-electron chi connectivity index (χ3n) is 1.90. The van der Waals surface area contributed by atoms with Crippen molar-refractivity contribution in [2.75, 3.05) is 0 Å². The predicted molar refractivity (Wildman–Crippen MR) is 44.9 cm³/mol. The van der Waals surface area contributed by atoms with Gasteiger partial charge in [-0.3, -0.25) is 0 Å². The number of aliphatic hydroxyl groups excluding tert-OH is 1. The first kappa shape index (κ1) is 11.0. The summed E-state index contributed by atoms with van der Waals surface area (Å²) in [5.41, 5.74) is 4.84. The van der Waals surface area contributed by atoms with Gasteiger partial charge in [-0.25, -0.2) is 13.2 Å². The number of hydrogen-bond donors (Lipinski definition) is 2. The molecule has 0 aliphatic rings. The molecule has 0 aliphatic carbocycles. The van der Waals surface area contributed by atoms with E-state index in [2.05, 4.69) is 0 Å². The molecule has 0 bridgehead atoms. The highest BCUT2D eigenvalue weighted by Crippen LogP contribution is 2.22. The molecule has 0 unspecified atom stereocenters. The van der Waals surface area contributed by atoms with E-state index in [-0.39, 0.29) is 0 Å². The Kier molecular flexibility index (Phi) is 3.13. The standard InChI is InChI=1S/C9H10F3NO/c1-4(14)9(13)8-6(11)2-5(10)3-7(8)12/h2-4,9,14H,13H2,1H3/t4-,9-/m1/s1. The normalized spacial score (nSPS) is 15.3. The monoisotopic (exact) mass is 205 g/mol. The molecule has 1 rings (SSSR count). The molecule has 1 aromatic rings. The number of benzene rings is 1. The van der Waals surface area contributed by atoms with Crippen molar-refractivity contribution in [1.29, 1.82) is 0 Å². The van der Waals surface area contributed by atoms with E-state index in [1.165, 1.54) is 6.92 Å². The van der Waals surface area contributed by atoms with Crippen LogP contribution < -0.4 is 5.73 Å². The summed E-state index contributed by atoms with van der Waals surface area (Å²) in [6.45, 7) is 1.30. The average Bonchev–Trinajstić information content (AvgIpc) is 2.01. The van der Waals surface area contributed by atoms with Gasteiger partial charge in [0.1, 0.15) is 17.5 Å². The van der Waals surface area contributed by atoms with Crippen LogP contribution in [0.2, 0.25) is 0 Å². The predicted octanol–water partition coefficient (Wildman–Crippen LogP) is 1.48. The van der Waals surface area contributed by atoms with Crippen molar-refractivity contribution in [1.82, 2.24) is 0 Å². The summed E-state index contributed by atoms with van der Waals surface area (Å²) in [6, 6.07) is -0.142. The van der Waals surface area contributed by atoms with E-state index < -0.39 is 35.2 Å². The molecule has 0 spiro atoms. The van der Waals surface area contributed by atoms with Crippen molar-refractivity contribution in [3.63, 3.8) is 0 Å². The Hall–Kier alpha value is -1.07. The Bertz CT molecular complexity index is 318. The van der Waals surface area contributed by atoms with Crippen LogP contribution >= 0.6 is 0 Å². The maximum Gasteiger partial charge on any atom is 0.133 e. The highest BCUT2D eigenvalue weighted by molar-refractivity contribution is 5.24. The first-order valence-electron chi connectivity index (χ1n) is 4.01. The molecule has 0 aliphatic heterocycles. The van der Waals surface area contributed by atoms with Crippen molar-refractivity contribution in [3.8, 4) is 0 Å². The third-order valence-corrected chi connectivity index (χ3v) is 1.90. The lowest BCUT2D eigenvalue weighted by molar-refractivity contribution is 0.160. The maximum absolute atomic E-state index is 13.1. The Morgan fingerprint density at radius 1 is 1.21 bits per heavy atom. The Labute approximate surface area is 79.2 Å². The highest BCUT2D eigenvalue weighted by Gasteiger charge is 2.21. The molecular weight excluding hydrogens is 195 g/mol. The summed E-state index contributed by atoms with van der Waals surface area (Å²) in [5, 5.41) is 9.04. The molecule has 0 heterocycles. The Morgan fingerprint density at radius 3 is 2.00 bits per heavy atom. The summed E-state index contributed by atoms with van der Waals surface area (Å²) >= 11 is 0. The minimum absolute atomic E-state index is 0.499. The SMILES string of the molecule is C[C@@H](O)[C@@H](N)c1c(F)cc(F)cc1F. The fourth-order valence-electron chi connectivity index (χ4n) is 1.11. The van der Waals surface area contributed by atoms with Crippen LogP contribution in [0.5, 0.6) is 0 Å². The highest BCUT2D eigenvalue weighted by atomic mass is 19.1. The Morgan fingerprint density at radius 2 is 1.64 bits per heavy atom. The molecular formula is C9H10F3NO. The number of aliphatic hydroxyl groups is 1. The van der Waals surface area contributed by atoms with Crippen LogP contribution in [-0.4, -0.2) is 11.2 Å². The van der Waals surface area contributed by atoms with Crippen molar-refractivity contribution in [2.24, 2.45) is 5.73 Å². The first-order chi connectivity index (χ1) is 6.43. The van der Waals surface area contributed by atoms with Gasteiger partial charge in [0.25, 0.3) is 0 Å². The van der Waals surface area contributed by atoms with Crippen molar-refractivity contribution >= 4 is 0 Å². The second-order valence-electron chi connectivity index (χ2n) is 3.05. The van der Waals surface area contributed by atoms with E-state index in [4.69, 9.17) is 10.8 Å². The van der Waals surface area contributed by atoms with E-state index in [9.17, 15) is 13.2 Å². The molecule has 0 fully saturated rings. The molecule has 0 saturated heterocycles. The number of halogens is 3. The Balaban J connectivity index is 3.20. The second kappa shape index (κ2) is 3.98. The van der Waals surface area contributed by atoms with Gasteiger partial charge in [0.2, 0.25) is 0 Å². The van der Waals surface area contributed by atoms with Gasteiger partial charge < -0.3 is 10.8 Å². The molecule has 2 nitrogen and oxygen atoms in total. The largest absolute Gasteiger partial charge is 0.391 e. The van der Waals surface area contributed by atoms with E-state index in [0.29, 0.717) is 12.1 Å². The van der Waals surface area contributed by atoms with Crippen LogP contribution in [0.25, 0.3) is 0 Å².